The second kappa shape index (κ2) is 7.40. The number of aryl methyl sites for hydroxylation is 1. The summed E-state index contributed by atoms with van der Waals surface area (Å²) in [4.78, 5) is 31.7. The van der Waals surface area contributed by atoms with Crippen LogP contribution in [0.4, 0.5) is 0 Å². The zero-order chi connectivity index (χ0) is 20.7. The Labute approximate surface area is 172 Å². The maximum absolute atomic E-state index is 13.0. The number of carbonyl (C=O) groups is 1. The molecule has 0 saturated carbocycles. The summed E-state index contributed by atoms with van der Waals surface area (Å²) in [6.45, 7) is 1.32. The van der Waals surface area contributed by atoms with E-state index in [0.717, 1.165) is 35.2 Å². The van der Waals surface area contributed by atoms with Crippen molar-refractivity contribution < 1.29 is 9.21 Å². The summed E-state index contributed by atoms with van der Waals surface area (Å²) in [6, 6.07) is 15.1. The lowest BCUT2D eigenvalue weighted by Gasteiger charge is -2.30. The maximum atomic E-state index is 13.0. The van der Waals surface area contributed by atoms with E-state index in [1.165, 1.54) is 4.68 Å². The van der Waals surface area contributed by atoms with Gasteiger partial charge in [0.05, 0.1) is 17.5 Å². The highest BCUT2D eigenvalue weighted by Crippen LogP contribution is 2.30. The SMILES string of the molecule is Cn1nc(CC(=O)N2CCC(c3nc4ccccc4o3)CC2)c2ccccc2c1=O. The number of fused-ring (bicyclic) bond motifs is 2. The van der Waals surface area contributed by atoms with Crippen LogP contribution in [-0.4, -0.2) is 38.7 Å². The van der Waals surface area contributed by atoms with Crippen molar-refractivity contribution in [2.45, 2.75) is 25.2 Å². The fraction of sp³-hybridized carbons (Fsp3) is 0.304. The first-order valence-electron chi connectivity index (χ1n) is 10.2. The first kappa shape index (κ1) is 18.5. The number of nitrogens with zero attached hydrogens (tertiary/aromatic N) is 4. The third kappa shape index (κ3) is 3.26. The molecule has 1 saturated heterocycles. The van der Waals surface area contributed by atoms with Crippen LogP contribution >= 0.6 is 0 Å². The minimum absolute atomic E-state index is 0.0299. The Balaban J connectivity index is 1.30. The lowest BCUT2D eigenvalue weighted by Crippen LogP contribution is -2.39. The van der Waals surface area contributed by atoms with Crippen molar-refractivity contribution in [2.75, 3.05) is 13.1 Å². The van der Waals surface area contributed by atoms with Crippen LogP contribution in [0.1, 0.15) is 30.3 Å². The zero-order valence-electron chi connectivity index (χ0n) is 16.7. The Morgan fingerprint density at radius 2 is 1.77 bits per heavy atom. The Hall–Kier alpha value is -3.48. The van der Waals surface area contributed by atoms with Crippen LogP contribution in [0.2, 0.25) is 0 Å². The lowest BCUT2D eigenvalue weighted by molar-refractivity contribution is -0.131. The molecule has 1 amide bonds. The summed E-state index contributed by atoms with van der Waals surface area (Å²) < 4.78 is 7.22. The molecule has 0 bridgehead atoms. The number of hydrogen-bond donors (Lipinski definition) is 0. The van der Waals surface area contributed by atoms with E-state index in [4.69, 9.17) is 4.42 Å². The third-order valence-electron chi connectivity index (χ3n) is 5.86. The second-order valence-corrected chi connectivity index (χ2v) is 7.77. The summed E-state index contributed by atoms with van der Waals surface area (Å²) in [6.07, 6.45) is 1.82. The highest BCUT2D eigenvalue weighted by atomic mass is 16.3. The normalized spacial score (nSPS) is 15.2. The topological polar surface area (TPSA) is 81.2 Å². The van der Waals surface area contributed by atoms with Gasteiger partial charge in [-0.25, -0.2) is 9.67 Å². The molecule has 7 heteroatoms. The number of carbonyl (C=O) groups excluding carboxylic acids is 1. The van der Waals surface area contributed by atoms with E-state index in [1.54, 1.807) is 13.1 Å². The molecule has 2 aromatic carbocycles. The van der Waals surface area contributed by atoms with E-state index >= 15 is 0 Å². The van der Waals surface area contributed by atoms with E-state index in [-0.39, 0.29) is 23.8 Å². The quantitative estimate of drug-likeness (QED) is 0.526. The molecular formula is C23H22N4O3. The number of oxazole rings is 1. The van der Waals surface area contributed by atoms with Crippen molar-refractivity contribution in [3.63, 3.8) is 0 Å². The van der Waals surface area contributed by atoms with Gasteiger partial charge < -0.3 is 9.32 Å². The van der Waals surface area contributed by atoms with Crippen molar-refractivity contribution in [2.24, 2.45) is 7.05 Å². The van der Waals surface area contributed by atoms with Crippen molar-refractivity contribution in [1.82, 2.24) is 19.7 Å². The second-order valence-electron chi connectivity index (χ2n) is 7.77. The minimum Gasteiger partial charge on any atom is -0.440 e. The number of benzene rings is 2. The molecule has 0 radical (unpaired) electrons. The van der Waals surface area contributed by atoms with Crippen molar-refractivity contribution in [3.05, 3.63) is 70.5 Å². The Morgan fingerprint density at radius 1 is 1.07 bits per heavy atom. The van der Waals surface area contributed by atoms with Crippen molar-refractivity contribution in [1.29, 1.82) is 0 Å². The Bertz CT molecular complexity index is 1270. The van der Waals surface area contributed by atoms with Crippen LogP contribution in [0.25, 0.3) is 21.9 Å². The number of amides is 1. The number of likely N-dealkylation sites (tertiary alicyclic amines) is 1. The Morgan fingerprint density at radius 3 is 2.53 bits per heavy atom. The van der Waals surface area contributed by atoms with Gasteiger partial charge in [-0.2, -0.15) is 5.10 Å². The molecule has 7 nitrogen and oxygen atoms in total. The highest BCUT2D eigenvalue weighted by molar-refractivity contribution is 5.88. The number of hydrogen-bond acceptors (Lipinski definition) is 5. The van der Waals surface area contributed by atoms with E-state index in [2.05, 4.69) is 10.1 Å². The molecule has 4 aromatic rings. The standard InChI is InChI=1S/C23H22N4O3/c1-26-23(29)17-7-3-2-6-16(17)19(25-26)14-21(28)27-12-10-15(11-13-27)22-24-18-8-4-5-9-20(18)30-22/h2-9,15H,10-14H2,1H3. The van der Waals surface area contributed by atoms with Crippen LogP contribution in [0.5, 0.6) is 0 Å². The molecule has 0 N–H and O–H groups in total. The predicted molar refractivity (Wildman–Crippen MR) is 113 cm³/mol. The summed E-state index contributed by atoms with van der Waals surface area (Å²) in [5.74, 6) is 1.01. The number of piperidine rings is 1. The van der Waals surface area contributed by atoms with Gasteiger partial charge >= 0.3 is 0 Å². The number of aromatic nitrogens is 3. The molecular weight excluding hydrogens is 380 g/mol. The summed E-state index contributed by atoms with van der Waals surface area (Å²) in [5, 5.41) is 5.69. The van der Waals surface area contributed by atoms with E-state index < -0.39 is 0 Å². The van der Waals surface area contributed by atoms with Crippen LogP contribution in [0.15, 0.2) is 57.7 Å². The van der Waals surface area contributed by atoms with E-state index in [9.17, 15) is 9.59 Å². The average Bonchev–Trinajstić information content (AvgIpc) is 3.22. The molecule has 1 aliphatic rings. The zero-order valence-corrected chi connectivity index (χ0v) is 16.7. The van der Waals surface area contributed by atoms with Gasteiger partial charge in [0.25, 0.3) is 5.56 Å². The molecule has 1 aliphatic heterocycles. The smallest absolute Gasteiger partial charge is 0.274 e. The van der Waals surface area contributed by atoms with Gasteiger partial charge in [-0.05, 0) is 31.0 Å². The van der Waals surface area contributed by atoms with Crippen LogP contribution in [0.3, 0.4) is 0 Å². The molecule has 30 heavy (non-hydrogen) atoms. The van der Waals surface area contributed by atoms with E-state index in [0.29, 0.717) is 24.2 Å². The highest BCUT2D eigenvalue weighted by Gasteiger charge is 2.27. The van der Waals surface area contributed by atoms with Gasteiger partial charge in [0.15, 0.2) is 11.5 Å². The van der Waals surface area contributed by atoms with Gasteiger partial charge in [0.2, 0.25) is 5.91 Å². The molecule has 0 spiro atoms. The van der Waals surface area contributed by atoms with Crippen LogP contribution in [-0.2, 0) is 18.3 Å². The summed E-state index contributed by atoms with van der Waals surface area (Å²) in [7, 11) is 1.62. The maximum Gasteiger partial charge on any atom is 0.274 e. The van der Waals surface area contributed by atoms with Gasteiger partial charge in [-0.1, -0.05) is 30.3 Å². The number of para-hydroxylation sites is 2. The van der Waals surface area contributed by atoms with Crippen LogP contribution in [0, 0.1) is 0 Å². The molecule has 152 valence electrons. The molecule has 1 fully saturated rings. The average molecular weight is 402 g/mol. The largest absolute Gasteiger partial charge is 0.440 e. The third-order valence-corrected chi connectivity index (χ3v) is 5.86. The summed E-state index contributed by atoms with van der Waals surface area (Å²) >= 11 is 0. The lowest BCUT2D eigenvalue weighted by atomic mass is 9.96. The molecule has 0 aliphatic carbocycles. The van der Waals surface area contributed by atoms with Crippen LogP contribution < -0.4 is 5.56 Å². The van der Waals surface area contributed by atoms with Gasteiger partial charge in [-0.3, -0.25) is 9.59 Å². The number of rotatable bonds is 3. The first-order chi connectivity index (χ1) is 14.6. The van der Waals surface area contributed by atoms with Crippen molar-refractivity contribution in [3.8, 4) is 0 Å². The molecule has 0 unspecified atom stereocenters. The molecule has 5 rings (SSSR count). The molecule has 2 aromatic heterocycles. The monoisotopic (exact) mass is 402 g/mol. The summed E-state index contributed by atoms with van der Waals surface area (Å²) in [5.41, 5.74) is 2.16. The predicted octanol–water partition coefficient (Wildman–Crippen LogP) is 3.02. The Kier molecular flexibility index (Phi) is 4.58. The first-order valence-corrected chi connectivity index (χ1v) is 10.2. The molecule has 3 heterocycles. The fourth-order valence-corrected chi connectivity index (χ4v) is 4.20. The van der Waals surface area contributed by atoms with Gasteiger partial charge in [-0.15, -0.1) is 0 Å². The van der Waals surface area contributed by atoms with Crippen molar-refractivity contribution >= 4 is 27.8 Å². The minimum atomic E-state index is -0.152. The van der Waals surface area contributed by atoms with Gasteiger partial charge in [0.1, 0.15) is 5.52 Å². The van der Waals surface area contributed by atoms with Gasteiger partial charge in [0, 0.05) is 31.4 Å². The fourth-order valence-electron chi connectivity index (χ4n) is 4.20. The van der Waals surface area contributed by atoms with E-state index in [1.807, 2.05) is 47.4 Å². The molecule has 0 atom stereocenters.